The van der Waals surface area contributed by atoms with Gasteiger partial charge in [0.2, 0.25) is 0 Å². The highest BCUT2D eigenvalue weighted by molar-refractivity contribution is 8.27. The van der Waals surface area contributed by atoms with E-state index in [0.29, 0.717) is 18.0 Å². The molecular formula is C18H24ClF2N3O3S. The van der Waals surface area contributed by atoms with Gasteiger partial charge in [0.1, 0.15) is 11.5 Å². The molecule has 2 aromatic rings. The number of hydrogen-bond acceptors (Lipinski definition) is 6. The lowest BCUT2D eigenvalue weighted by Gasteiger charge is -2.43. The topological polar surface area (TPSA) is 59.4 Å². The zero-order valence-corrected chi connectivity index (χ0v) is 17.2. The number of para-hydroxylation sites is 2. The third-order valence-electron chi connectivity index (χ3n) is 4.16. The Hall–Kier alpha value is -1.62. The second-order valence-corrected chi connectivity index (χ2v) is 8.17. The summed E-state index contributed by atoms with van der Waals surface area (Å²) in [6, 6.07) is 9.89. The summed E-state index contributed by atoms with van der Waals surface area (Å²) in [5.74, 6) is -1.60. The largest absolute Gasteiger partial charge is 0.378 e. The Morgan fingerprint density at radius 1 is 1.00 bits per heavy atom. The summed E-state index contributed by atoms with van der Waals surface area (Å²) in [5, 5.41) is 0. The fourth-order valence-electron chi connectivity index (χ4n) is 2.86. The van der Waals surface area contributed by atoms with E-state index in [4.69, 9.17) is 4.74 Å². The van der Waals surface area contributed by atoms with Gasteiger partial charge in [0.15, 0.2) is 5.82 Å². The summed E-state index contributed by atoms with van der Waals surface area (Å²) in [4.78, 5) is 1.98. The smallest absolute Gasteiger partial charge is 0.151 e. The van der Waals surface area contributed by atoms with Crippen molar-refractivity contribution in [3.8, 4) is 0 Å². The van der Waals surface area contributed by atoms with Crippen LogP contribution in [0.15, 0.2) is 42.5 Å². The van der Waals surface area contributed by atoms with Gasteiger partial charge >= 0.3 is 0 Å². The summed E-state index contributed by atoms with van der Waals surface area (Å²) in [6.07, 6.45) is 0. The molecule has 0 amide bonds. The molecule has 10 heteroatoms. The molecule has 1 aliphatic heterocycles. The van der Waals surface area contributed by atoms with Gasteiger partial charge in [-0.3, -0.25) is 9.11 Å². The summed E-state index contributed by atoms with van der Waals surface area (Å²) >= 11 is 0. The molecule has 1 aliphatic rings. The number of nitrogens with zero attached hydrogens (tertiary/aromatic N) is 3. The van der Waals surface area contributed by atoms with Crippen LogP contribution in [0.25, 0.3) is 0 Å². The van der Waals surface area contributed by atoms with Crippen LogP contribution in [0.4, 0.5) is 25.8 Å². The van der Waals surface area contributed by atoms with Crippen molar-refractivity contribution in [2.24, 2.45) is 0 Å². The molecule has 6 nitrogen and oxygen atoms in total. The highest BCUT2D eigenvalue weighted by atomic mass is 35.5. The standard InChI is InChI=1S/C18H23F2N3O3S.ClH/c1-21(2)9-11-26-12-10-22-17-5-3-4-6-18(17)23(27(22,24)25)16-8-7-14(19)13-15(16)20;/h3-8,13,24-25H,9-12H2,1-2H3;1H. The average molecular weight is 436 g/mol. The molecule has 0 saturated carbocycles. The monoisotopic (exact) mass is 435 g/mol. The molecule has 2 N–H and O–H groups in total. The van der Waals surface area contributed by atoms with Crippen LogP contribution in [0.1, 0.15) is 0 Å². The Morgan fingerprint density at radius 3 is 2.32 bits per heavy atom. The summed E-state index contributed by atoms with van der Waals surface area (Å²) in [5.41, 5.74) is 0.897. The van der Waals surface area contributed by atoms with Crippen molar-refractivity contribution in [1.82, 2.24) is 4.90 Å². The van der Waals surface area contributed by atoms with Gasteiger partial charge in [0, 0.05) is 12.6 Å². The van der Waals surface area contributed by atoms with Crippen molar-refractivity contribution in [3.63, 3.8) is 0 Å². The molecule has 0 aliphatic carbocycles. The molecule has 156 valence electrons. The van der Waals surface area contributed by atoms with E-state index in [1.807, 2.05) is 19.0 Å². The molecule has 0 aromatic heterocycles. The number of ether oxygens (including phenoxy) is 1. The molecule has 28 heavy (non-hydrogen) atoms. The van der Waals surface area contributed by atoms with E-state index in [0.717, 1.165) is 23.0 Å². The van der Waals surface area contributed by atoms with Gasteiger partial charge in [-0.15, -0.1) is 12.4 Å². The van der Waals surface area contributed by atoms with Crippen LogP contribution in [-0.2, 0) is 4.74 Å². The molecule has 0 saturated heterocycles. The van der Waals surface area contributed by atoms with Crippen LogP contribution < -0.4 is 8.61 Å². The minimum atomic E-state index is -3.57. The second kappa shape index (κ2) is 9.25. The van der Waals surface area contributed by atoms with Gasteiger partial charge in [-0.25, -0.2) is 17.4 Å². The average Bonchev–Trinajstić information content (AvgIpc) is 2.82. The van der Waals surface area contributed by atoms with Crippen LogP contribution in [-0.4, -0.2) is 54.4 Å². The maximum absolute atomic E-state index is 14.4. The normalized spacial score (nSPS) is 16.1. The van der Waals surface area contributed by atoms with Crippen LogP contribution in [0.3, 0.4) is 0 Å². The number of halogens is 3. The molecule has 0 radical (unpaired) electrons. The zero-order valence-electron chi connectivity index (χ0n) is 15.6. The highest BCUT2D eigenvalue weighted by Gasteiger charge is 2.42. The highest BCUT2D eigenvalue weighted by Crippen LogP contribution is 2.64. The second-order valence-electron chi connectivity index (χ2n) is 6.39. The van der Waals surface area contributed by atoms with Crippen molar-refractivity contribution < 1.29 is 22.6 Å². The van der Waals surface area contributed by atoms with Crippen molar-refractivity contribution in [3.05, 3.63) is 54.1 Å². The molecule has 0 fully saturated rings. The van der Waals surface area contributed by atoms with Crippen molar-refractivity contribution in [2.45, 2.75) is 0 Å². The van der Waals surface area contributed by atoms with E-state index >= 15 is 0 Å². The predicted octanol–water partition coefficient (Wildman–Crippen LogP) is 4.50. The summed E-state index contributed by atoms with van der Waals surface area (Å²) in [6.45, 7) is 1.75. The van der Waals surface area contributed by atoms with Gasteiger partial charge in [0.05, 0.1) is 31.1 Å². The lowest BCUT2D eigenvalue weighted by molar-refractivity contribution is 0.124. The fraction of sp³-hybridized carbons (Fsp3) is 0.333. The molecule has 0 atom stereocenters. The molecule has 2 aromatic carbocycles. The van der Waals surface area contributed by atoms with E-state index in [-0.39, 0.29) is 31.2 Å². The predicted molar refractivity (Wildman–Crippen MR) is 112 cm³/mol. The molecule has 0 unspecified atom stereocenters. The van der Waals surface area contributed by atoms with Gasteiger partial charge < -0.3 is 9.64 Å². The maximum Gasteiger partial charge on any atom is 0.151 e. The minimum absolute atomic E-state index is 0. The first-order valence-electron chi connectivity index (χ1n) is 8.45. The molecule has 0 spiro atoms. The van der Waals surface area contributed by atoms with Crippen molar-refractivity contribution in [1.29, 1.82) is 0 Å². The maximum atomic E-state index is 14.4. The van der Waals surface area contributed by atoms with E-state index in [1.165, 1.54) is 10.4 Å². The Morgan fingerprint density at radius 2 is 1.68 bits per heavy atom. The lowest BCUT2D eigenvalue weighted by Crippen LogP contribution is -2.34. The molecule has 0 bridgehead atoms. The quantitative estimate of drug-likeness (QED) is 0.624. The van der Waals surface area contributed by atoms with Crippen LogP contribution in [0.2, 0.25) is 0 Å². The van der Waals surface area contributed by atoms with Crippen molar-refractivity contribution >= 4 is 40.4 Å². The zero-order chi connectivity index (χ0) is 19.6. The van der Waals surface area contributed by atoms with E-state index in [9.17, 15) is 17.9 Å². The minimum Gasteiger partial charge on any atom is -0.378 e. The van der Waals surface area contributed by atoms with Crippen LogP contribution in [0.5, 0.6) is 0 Å². The third-order valence-corrected chi connectivity index (χ3v) is 6.01. The molecule has 1 heterocycles. The van der Waals surface area contributed by atoms with Crippen molar-refractivity contribution in [2.75, 3.05) is 49.0 Å². The van der Waals surface area contributed by atoms with Crippen LogP contribution in [0, 0.1) is 11.6 Å². The summed E-state index contributed by atoms with van der Waals surface area (Å²) in [7, 11) is 0.308. The molecular weight excluding hydrogens is 412 g/mol. The number of rotatable bonds is 7. The van der Waals surface area contributed by atoms with E-state index < -0.39 is 22.6 Å². The number of fused-ring (bicyclic) bond motifs is 1. The van der Waals surface area contributed by atoms with Gasteiger partial charge in [-0.05, 0) is 49.3 Å². The number of likely N-dealkylation sites (N-methyl/N-ethyl adjacent to an activating group) is 1. The van der Waals surface area contributed by atoms with Gasteiger partial charge in [-0.2, -0.15) is 0 Å². The SMILES string of the molecule is CN(C)CCOCCN1c2ccccc2N(c2ccc(F)cc2F)S1(O)O.Cl. The Kier molecular flexibility index (Phi) is 7.49. The van der Waals surface area contributed by atoms with Gasteiger partial charge in [-0.1, -0.05) is 12.1 Å². The first kappa shape index (κ1) is 22.7. The Balaban J connectivity index is 0.00000280. The van der Waals surface area contributed by atoms with E-state index in [1.54, 1.807) is 24.3 Å². The lowest BCUT2D eigenvalue weighted by atomic mass is 10.2. The number of benzene rings is 2. The summed E-state index contributed by atoms with van der Waals surface area (Å²) < 4.78 is 57.5. The first-order valence-corrected chi connectivity index (χ1v) is 9.91. The van der Waals surface area contributed by atoms with Crippen LogP contribution >= 0.6 is 23.4 Å². The molecule has 3 rings (SSSR count). The number of hydrogen-bond donors (Lipinski definition) is 2. The Labute approximate surface area is 171 Å². The fourth-order valence-corrected chi connectivity index (χ4v) is 4.62. The first-order chi connectivity index (χ1) is 12.8. The Bertz CT molecular complexity index is 813. The third kappa shape index (κ3) is 4.51. The van der Waals surface area contributed by atoms with E-state index in [2.05, 4.69) is 0 Å². The number of anilines is 3. The van der Waals surface area contributed by atoms with Gasteiger partial charge in [0.25, 0.3) is 0 Å².